The molecule has 1 saturated heterocycles. The molecule has 0 radical (unpaired) electrons. The number of carbonyl (C=O) groups is 3. The van der Waals surface area contributed by atoms with Crippen LogP contribution in [0.5, 0.6) is 11.5 Å². The second-order valence-corrected chi connectivity index (χ2v) is 8.27. The largest absolute Gasteiger partial charge is 0.490 e. The second-order valence-electron chi connectivity index (χ2n) is 8.27. The monoisotopic (exact) mass is 488 g/mol. The first kappa shape index (κ1) is 24.7. The van der Waals surface area contributed by atoms with Gasteiger partial charge in [-0.25, -0.2) is 14.1 Å². The van der Waals surface area contributed by atoms with Gasteiger partial charge >= 0.3 is 6.03 Å². The van der Waals surface area contributed by atoms with Gasteiger partial charge < -0.3 is 9.47 Å². The van der Waals surface area contributed by atoms with Crippen LogP contribution >= 0.6 is 0 Å². The van der Waals surface area contributed by atoms with E-state index in [9.17, 15) is 18.8 Å². The minimum atomic E-state index is -0.803. The van der Waals surface area contributed by atoms with E-state index in [0.717, 1.165) is 10.5 Å². The summed E-state index contributed by atoms with van der Waals surface area (Å²) in [6.07, 6.45) is 1.39. The molecule has 0 bridgehead atoms. The van der Waals surface area contributed by atoms with Crippen LogP contribution in [0.2, 0.25) is 0 Å². The van der Waals surface area contributed by atoms with Gasteiger partial charge in [0.2, 0.25) is 0 Å². The van der Waals surface area contributed by atoms with Gasteiger partial charge in [-0.1, -0.05) is 36.4 Å². The molecule has 184 valence electrons. The van der Waals surface area contributed by atoms with Gasteiger partial charge in [0.25, 0.3) is 11.8 Å². The number of nitrogens with zero attached hydrogens (tertiary/aromatic N) is 1. The Bertz CT molecular complexity index is 1380. The van der Waals surface area contributed by atoms with Crippen LogP contribution in [-0.4, -0.2) is 24.5 Å². The summed E-state index contributed by atoms with van der Waals surface area (Å²) in [5, 5.41) is 2.24. The number of ether oxygens (including phenoxy) is 2. The average Bonchev–Trinajstić information content (AvgIpc) is 2.84. The van der Waals surface area contributed by atoms with Crippen LogP contribution in [0.25, 0.3) is 6.08 Å². The maximum absolute atomic E-state index is 14.0. The first-order chi connectivity index (χ1) is 17.3. The number of amides is 4. The van der Waals surface area contributed by atoms with Crippen molar-refractivity contribution in [3.8, 4) is 11.5 Å². The number of aryl methyl sites for hydroxylation is 2. The zero-order chi connectivity index (χ0) is 25.8. The third-order valence-electron chi connectivity index (χ3n) is 5.63. The van der Waals surface area contributed by atoms with Crippen molar-refractivity contribution in [3.63, 3.8) is 0 Å². The molecule has 1 fully saturated rings. The smallest absolute Gasteiger partial charge is 0.335 e. The maximum atomic E-state index is 14.0. The number of rotatable bonds is 7. The summed E-state index contributed by atoms with van der Waals surface area (Å²) in [7, 11) is 0. The summed E-state index contributed by atoms with van der Waals surface area (Å²) in [5.41, 5.74) is 2.68. The fourth-order valence-electron chi connectivity index (χ4n) is 3.78. The molecule has 3 aromatic rings. The number of carbonyl (C=O) groups excluding carboxylic acids is 3. The van der Waals surface area contributed by atoms with Crippen LogP contribution in [0.1, 0.15) is 29.2 Å². The number of urea groups is 1. The van der Waals surface area contributed by atoms with Gasteiger partial charge in [-0.3, -0.25) is 14.9 Å². The topological polar surface area (TPSA) is 84.9 Å². The predicted octanol–water partition coefficient (Wildman–Crippen LogP) is 5.09. The predicted molar refractivity (Wildman–Crippen MR) is 133 cm³/mol. The normalized spacial score (nSPS) is 14.7. The lowest BCUT2D eigenvalue weighted by atomic mass is 10.0. The minimum absolute atomic E-state index is 0.000983. The lowest BCUT2D eigenvalue weighted by molar-refractivity contribution is -0.122. The van der Waals surface area contributed by atoms with Gasteiger partial charge in [0.1, 0.15) is 18.0 Å². The molecule has 4 amide bonds. The van der Waals surface area contributed by atoms with Crippen molar-refractivity contribution >= 4 is 29.6 Å². The fourth-order valence-corrected chi connectivity index (χ4v) is 3.78. The molecule has 3 aromatic carbocycles. The van der Waals surface area contributed by atoms with Gasteiger partial charge in [-0.15, -0.1) is 0 Å². The van der Waals surface area contributed by atoms with E-state index in [4.69, 9.17) is 9.47 Å². The summed E-state index contributed by atoms with van der Waals surface area (Å²) in [6, 6.07) is 15.8. The molecule has 0 atom stereocenters. The van der Waals surface area contributed by atoms with E-state index >= 15 is 0 Å². The molecule has 1 heterocycles. The molecule has 7 nitrogen and oxygen atoms in total. The molecular weight excluding hydrogens is 463 g/mol. The Kier molecular flexibility index (Phi) is 7.15. The Morgan fingerprint density at radius 1 is 0.944 bits per heavy atom. The van der Waals surface area contributed by atoms with Crippen molar-refractivity contribution in [1.29, 1.82) is 0 Å². The molecule has 1 aliphatic heterocycles. The van der Waals surface area contributed by atoms with Crippen molar-refractivity contribution in [3.05, 3.63) is 94.3 Å². The number of halogens is 1. The maximum Gasteiger partial charge on any atom is 0.335 e. The molecule has 4 rings (SSSR count). The molecule has 0 aromatic heterocycles. The van der Waals surface area contributed by atoms with E-state index in [-0.39, 0.29) is 18.0 Å². The number of hydrogen-bond donors (Lipinski definition) is 1. The quantitative estimate of drug-likeness (QED) is 0.370. The average molecular weight is 489 g/mol. The zero-order valence-corrected chi connectivity index (χ0v) is 20.1. The van der Waals surface area contributed by atoms with Crippen LogP contribution in [0.15, 0.2) is 66.2 Å². The Morgan fingerprint density at radius 3 is 2.47 bits per heavy atom. The van der Waals surface area contributed by atoms with Crippen LogP contribution in [0.4, 0.5) is 14.9 Å². The Morgan fingerprint density at radius 2 is 1.72 bits per heavy atom. The third kappa shape index (κ3) is 5.12. The number of imide groups is 2. The Labute approximate surface area is 208 Å². The van der Waals surface area contributed by atoms with E-state index in [1.54, 1.807) is 62.4 Å². The van der Waals surface area contributed by atoms with Crippen molar-refractivity contribution in [1.82, 2.24) is 5.32 Å². The molecule has 0 aliphatic carbocycles. The number of anilines is 1. The molecule has 0 unspecified atom stereocenters. The summed E-state index contributed by atoms with van der Waals surface area (Å²) in [4.78, 5) is 39.4. The van der Waals surface area contributed by atoms with Crippen molar-refractivity contribution in [2.75, 3.05) is 11.5 Å². The van der Waals surface area contributed by atoms with Crippen LogP contribution in [0, 0.1) is 19.7 Å². The Hall–Kier alpha value is -4.46. The zero-order valence-electron chi connectivity index (χ0n) is 20.1. The van der Waals surface area contributed by atoms with Gasteiger partial charge in [-0.05, 0) is 67.8 Å². The highest BCUT2D eigenvalue weighted by Crippen LogP contribution is 2.31. The lowest BCUT2D eigenvalue weighted by Crippen LogP contribution is -2.54. The minimum Gasteiger partial charge on any atom is -0.490 e. The third-order valence-corrected chi connectivity index (χ3v) is 5.63. The van der Waals surface area contributed by atoms with Gasteiger partial charge in [-0.2, -0.15) is 0 Å². The number of nitrogens with one attached hydrogen (secondary N) is 1. The van der Waals surface area contributed by atoms with Crippen molar-refractivity contribution in [2.45, 2.75) is 27.4 Å². The molecule has 0 saturated carbocycles. The van der Waals surface area contributed by atoms with Gasteiger partial charge in [0, 0.05) is 5.56 Å². The first-order valence-electron chi connectivity index (χ1n) is 11.4. The van der Waals surface area contributed by atoms with Crippen LogP contribution in [0.3, 0.4) is 0 Å². The molecule has 36 heavy (non-hydrogen) atoms. The number of benzene rings is 3. The van der Waals surface area contributed by atoms with Crippen molar-refractivity contribution in [2.24, 2.45) is 0 Å². The molecule has 1 aliphatic rings. The van der Waals surface area contributed by atoms with E-state index in [2.05, 4.69) is 5.32 Å². The number of barbiturate groups is 1. The highest BCUT2D eigenvalue weighted by atomic mass is 19.1. The summed E-state index contributed by atoms with van der Waals surface area (Å²) in [6.45, 7) is 5.77. The summed E-state index contributed by atoms with van der Waals surface area (Å²) in [5.74, 6) is -1.13. The summed E-state index contributed by atoms with van der Waals surface area (Å²) >= 11 is 0. The van der Waals surface area contributed by atoms with E-state index in [0.29, 0.717) is 40.5 Å². The number of hydrogen-bond acceptors (Lipinski definition) is 5. The van der Waals surface area contributed by atoms with Gasteiger partial charge in [0.15, 0.2) is 11.5 Å². The molecular formula is C28H25FN2O5. The van der Waals surface area contributed by atoms with E-state index in [1.807, 2.05) is 13.0 Å². The van der Waals surface area contributed by atoms with E-state index in [1.165, 1.54) is 12.1 Å². The lowest BCUT2D eigenvalue weighted by Gasteiger charge is -2.27. The molecule has 8 heteroatoms. The molecule has 1 N–H and O–H groups in total. The highest BCUT2D eigenvalue weighted by Gasteiger charge is 2.37. The van der Waals surface area contributed by atoms with Crippen LogP contribution < -0.4 is 19.7 Å². The summed E-state index contributed by atoms with van der Waals surface area (Å²) < 4.78 is 25.4. The standard InChI is InChI=1S/C28H25FN2O5/c1-4-35-25-15-19(11-12-24(25)36-16-20-7-5-6-8-22(20)29)14-21-26(32)30-28(34)31(27(21)33)23-13-17(2)9-10-18(23)3/h5-15H,4,16H2,1-3H3,(H,30,32,34)/b21-14+. The fraction of sp³-hybridized carbons (Fsp3) is 0.179. The first-order valence-corrected chi connectivity index (χ1v) is 11.4. The molecule has 0 spiro atoms. The Balaban J connectivity index is 1.64. The second kappa shape index (κ2) is 10.4. The van der Waals surface area contributed by atoms with Gasteiger partial charge in [0.05, 0.1) is 12.3 Å². The SMILES string of the molecule is CCOc1cc(/C=C2\C(=O)NC(=O)N(c3cc(C)ccc3C)C2=O)ccc1OCc1ccccc1F. The highest BCUT2D eigenvalue weighted by molar-refractivity contribution is 6.39. The van der Waals surface area contributed by atoms with E-state index < -0.39 is 17.8 Å². The van der Waals surface area contributed by atoms with Crippen molar-refractivity contribution < 1.29 is 28.2 Å². The van der Waals surface area contributed by atoms with Crippen LogP contribution in [-0.2, 0) is 16.2 Å².